The lowest BCUT2D eigenvalue weighted by Crippen LogP contribution is -2.21. The minimum Gasteiger partial charge on any atom is -0.490 e. The number of nitrogens with zero attached hydrogens (tertiary/aromatic N) is 3. The number of hydrogen-bond donors (Lipinski definition) is 0. The van der Waals surface area contributed by atoms with E-state index in [1.54, 1.807) is 25.2 Å². The van der Waals surface area contributed by atoms with Gasteiger partial charge < -0.3 is 14.4 Å². The minimum absolute atomic E-state index is 0.0758. The summed E-state index contributed by atoms with van der Waals surface area (Å²) in [4.78, 5) is 9.20. The first-order valence-corrected chi connectivity index (χ1v) is 10.3. The van der Waals surface area contributed by atoms with Crippen molar-refractivity contribution in [2.24, 2.45) is 5.92 Å². The fourth-order valence-corrected chi connectivity index (χ4v) is 3.39. The summed E-state index contributed by atoms with van der Waals surface area (Å²) in [7, 11) is 1.55. The van der Waals surface area contributed by atoms with E-state index in [-0.39, 0.29) is 23.9 Å². The van der Waals surface area contributed by atoms with Crippen LogP contribution in [0.3, 0.4) is 0 Å². The van der Waals surface area contributed by atoms with Crippen molar-refractivity contribution in [3.05, 3.63) is 36.0 Å². The van der Waals surface area contributed by atoms with Crippen molar-refractivity contribution in [2.45, 2.75) is 58.2 Å². The molecule has 1 aliphatic rings. The molecule has 8 heteroatoms. The summed E-state index contributed by atoms with van der Waals surface area (Å²) >= 11 is 0. The molecule has 1 aliphatic carbocycles. The summed E-state index contributed by atoms with van der Waals surface area (Å²) in [5.74, 6) is 0.585. The smallest absolute Gasteiger partial charge is 0.421 e. The second-order valence-electron chi connectivity index (χ2n) is 8.03. The van der Waals surface area contributed by atoms with Gasteiger partial charge in [0, 0.05) is 25.0 Å². The third-order valence-corrected chi connectivity index (χ3v) is 4.98. The van der Waals surface area contributed by atoms with Crippen LogP contribution < -0.4 is 14.4 Å². The molecule has 0 spiro atoms. The highest BCUT2D eigenvalue weighted by molar-refractivity contribution is 5.64. The van der Waals surface area contributed by atoms with Gasteiger partial charge in [0.2, 0.25) is 0 Å². The fourth-order valence-electron chi connectivity index (χ4n) is 3.39. The van der Waals surface area contributed by atoms with Crippen LogP contribution in [0.25, 0.3) is 0 Å². The maximum atomic E-state index is 13.6. The number of anilines is 2. The number of rotatable bonds is 7. The molecular weight excluding hydrogens is 395 g/mol. The predicted octanol–water partition coefficient (Wildman–Crippen LogP) is 6.01. The van der Waals surface area contributed by atoms with Crippen molar-refractivity contribution in [3.63, 3.8) is 0 Å². The first-order valence-electron chi connectivity index (χ1n) is 10.3. The van der Waals surface area contributed by atoms with Gasteiger partial charge in [-0.05, 0) is 43.7 Å². The maximum absolute atomic E-state index is 13.6. The summed E-state index contributed by atoms with van der Waals surface area (Å²) in [6.07, 6.45) is 1.84. The Morgan fingerprint density at radius 3 is 2.57 bits per heavy atom. The maximum Gasteiger partial charge on any atom is 0.421 e. The molecule has 30 heavy (non-hydrogen) atoms. The normalized spacial score (nSPS) is 15.3. The van der Waals surface area contributed by atoms with Gasteiger partial charge >= 0.3 is 12.2 Å². The Morgan fingerprint density at radius 2 is 1.90 bits per heavy atom. The third-order valence-electron chi connectivity index (χ3n) is 4.98. The Hall–Kier alpha value is -2.51. The molecule has 0 amide bonds. The van der Waals surface area contributed by atoms with E-state index >= 15 is 0 Å². The zero-order valence-electron chi connectivity index (χ0n) is 17.6. The van der Waals surface area contributed by atoms with Crippen LogP contribution in [0.2, 0.25) is 0 Å². The second kappa shape index (κ2) is 9.53. The summed E-state index contributed by atoms with van der Waals surface area (Å²) in [5.41, 5.74) is -0.372. The molecule has 0 N–H and O–H groups in total. The number of halogens is 3. The Bertz CT molecular complexity index is 837. The molecule has 1 saturated carbocycles. The number of alkyl halides is 3. The van der Waals surface area contributed by atoms with Crippen molar-refractivity contribution in [2.75, 3.05) is 18.6 Å². The Morgan fingerprint density at radius 1 is 1.17 bits per heavy atom. The summed E-state index contributed by atoms with van der Waals surface area (Å²) in [5, 5.41) is 0. The predicted molar refractivity (Wildman–Crippen MR) is 109 cm³/mol. The highest BCUT2D eigenvalue weighted by Crippen LogP contribution is 2.38. The lowest BCUT2D eigenvalue weighted by Gasteiger charge is -2.25. The molecule has 1 aromatic carbocycles. The highest BCUT2D eigenvalue weighted by atomic mass is 19.4. The largest absolute Gasteiger partial charge is 0.490 e. The molecule has 5 nitrogen and oxygen atoms in total. The van der Waals surface area contributed by atoms with Crippen LogP contribution in [0, 0.1) is 5.92 Å². The molecule has 3 rings (SSSR count). The number of hydrogen-bond acceptors (Lipinski definition) is 5. The van der Waals surface area contributed by atoms with Gasteiger partial charge in [0.1, 0.15) is 11.3 Å². The Balaban J connectivity index is 1.87. The van der Waals surface area contributed by atoms with Crippen LogP contribution in [0.4, 0.5) is 24.7 Å². The fraction of sp³-hybridized carbons (Fsp3) is 0.545. The monoisotopic (exact) mass is 423 g/mol. The van der Waals surface area contributed by atoms with Gasteiger partial charge in [0.25, 0.3) is 0 Å². The molecule has 1 fully saturated rings. The molecule has 0 unspecified atom stereocenters. The van der Waals surface area contributed by atoms with E-state index in [2.05, 4.69) is 9.97 Å². The number of ether oxygens (including phenoxy) is 2. The van der Waals surface area contributed by atoms with Crippen LogP contribution >= 0.6 is 0 Å². The average Bonchev–Trinajstić information content (AvgIpc) is 2.72. The van der Waals surface area contributed by atoms with Crippen molar-refractivity contribution < 1.29 is 22.6 Å². The molecule has 1 aromatic heterocycles. The lowest BCUT2D eigenvalue weighted by molar-refractivity contribution is -0.137. The van der Waals surface area contributed by atoms with Crippen molar-refractivity contribution in [1.82, 2.24) is 9.97 Å². The summed E-state index contributed by atoms with van der Waals surface area (Å²) in [6, 6.07) is 6.99. The van der Waals surface area contributed by atoms with Crippen molar-refractivity contribution >= 4 is 11.5 Å². The van der Waals surface area contributed by atoms with E-state index in [4.69, 9.17) is 9.47 Å². The van der Waals surface area contributed by atoms with E-state index in [1.807, 2.05) is 19.9 Å². The van der Waals surface area contributed by atoms with Gasteiger partial charge in [0.05, 0.1) is 12.7 Å². The van der Waals surface area contributed by atoms with Gasteiger partial charge in [-0.15, -0.1) is 0 Å². The summed E-state index contributed by atoms with van der Waals surface area (Å²) in [6.45, 7) is 4.20. The van der Waals surface area contributed by atoms with Gasteiger partial charge in [-0.1, -0.05) is 26.3 Å². The standard InChI is InChI=1S/C22H28F3N3O2/c1-15(2)14-29-21-26-13-19(22(23,24)25)20(27-21)28(3)16-8-7-11-18(12-16)30-17-9-5-4-6-10-17/h7-8,11-13,15,17H,4-6,9-10,14H2,1-3H3. The van der Waals surface area contributed by atoms with Gasteiger partial charge in [-0.25, -0.2) is 4.98 Å². The van der Waals surface area contributed by atoms with Crippen LogP contribution in [0.15, 0.2) is 30.5 Å². The number of aromatic nitrogens is 2. The Labute approximate surface area is 175 Å². The molecule has 0 aliphatic heterocycles. The highest BCUT2D eigenvalue weighted by Gasteiger charge is 2.37. The minimum atomic E-state index is -4.59. The number of benzene rings is 1. The molecule has 0 radical (unpaired) electrons. The van der Waals surface area contributed by atoms with Crippen LogP contribution in [0.1, 0.15) is 51.5 Å². The topological polar surface area (TPSA) is 47.5 Å². The molecule has 0 bridgehead atoms. The van der Waals surface area contributed by atoms with E-state index in [0.717, 1.165) is 31.9 Å². The summed E-state index contributed by atoms with van der Waals surface area (Å²) < 4.78 is 52.3. The van der Waals surface area contributed by atoms with Crippen LogP contribution in [-0.4, -0.2) is 29.7 Å². The molecular formula is C22H28F3N3O2. The molecule has 0 saturated heterocycles. The Kier molecular flexibility index (Phi) is 7.05. The second-order valence-corrected chi connectivity index (χ2v) is 8.03. The van der Waals surface area contributed by atoms with Gasteiger partial charge in [-0.3, -0.25) is 0 Å². The first-order chi connectivity index (χ1) is 14.2. The quantitative estimate of drug-likeness (QED) is 0.546. The third kappa shape index (κ3) is 5.77. The molecule has 2 aromatic rings. The van der Waals surface area contributed by atoms with Crippen LogP contribution in [0.5, 0.6) is 11.8 Å². The lowest BCUT2D eigenvalue weighted by atomic mass is 9.98. The molecule has 1 heterocycles. The van der Waals surface area contributed by atoms with E-state index in [1.165, 1.54) is 11.3 Å². The van der Waals surface area contributed by atoms with Crippen molar-refractivity contribution in [1.29, 1.82) is 0 Å². The molecule has 0 atom stereocenters. The molecule has 164 valence electrons. The first kappa shape index (κ1) is 22.2. The SMILES string of the molecule is CC(C)COc1ncc(C(F)(F)F)c(N(C)c2cccc(OC3CCCCC3)c2)n1. The van der Waals surface area contributed by atoms with Crippen LogP contribution in [-0.2, 0) is 6.18 Å². The van der Waals surface area contributed by atoms with E-state index < -0.39 is 11.7 Å². The zero-order valence-corrected chi connectivity index (χ0v) is 17.6. The van der Waals surface area contributed by atoms with E-state index in [0.29, 0.717) is 18.0 Å². The van der Waals surface area contributed by atoms with Gasteiger partial charge in [-0.2, -0.15) is 18.2 Å². The zero-order chi connectivity index (χ0) is 21.7. The van der Waals surface area contributed by atoms with Crippen molar-refractivity contribution in [3.8, 4) is 11.8 Å². The van der Waals surface area contributed by atoms with Gasteiger partial charge in [0.15, 0.2) is 5.82 Å². The van der Waals surface area contributed by atoms with E-state index in [9.17, 15) is 13.2 Å². The average molecular weight is 423 g/mol.